The number of hydrogen-bond acceptors (Lipinski definition) is 1. The summed E-state index contributed by atoms with van der Waals surface area (Å²) in [5.41, 5.74) is 2.00. The minimum absolute atomic E-state index is 0.759. The Kier molecular flexibility index (Phi) is 1.19. The molecule has 0 saturated heterocycles. The van der Waals surface area contributed by atoms with Crippen molar-refractivity contribution in [2.75, 3.05) is 6.61 Å². The van der Waals surface area contributed by atoms with Gasteiger partial charge in [-0.15, -0.1) is 0 Å². The SMILES string of the molecule is [B]c1cccc2c1OCC2. The van der Waals surface area contributed by atoms with Crippen LogP contribution in [0.4, 0.5) is 0 Å². The highest BCUT2D eigenvalue weighted by atomic mass is 16.5. The molecule has 2 heteroatoms. The lowest BCUT2D eigenvalue weighted by molar-refractivity contribution is 0.359. The van der Waals surface area contributed by atoms with Gasteiger partial charge < -0.3 is 4.74 Å². The van der Waals surface area contributed by atoms with Crippen LogP contribution in [0.25, 0.3) is 0 Å². The van der Waals surface area contributed by atoms with Crippen molar-refractivity contribution in [3.63, 3.8) is 0 Å². The Labute approximate surface area is 61.4 Å². The largest absolute Gasteiger partial charge is 0.494 e. The molecule has 2 rings (SSSR count). The maximum absolute atomic E-state index is 5.65. The van der Waals surface area contributed by atoms with E-state index < -0.39 is 0 Å². The summed E-state index contributed by atoms with van der Waals surface area (Å²) in [6.07, 6.45) is 1.00. The second kappa shape index (κ2) is 2.05. The van der Waals surface area contributed by atoms with E-state index in [0.29, 0.717) is 0 Å². The van der Waals surface area contributed by atoms with E-state index in [9.17, 15) is 0 Å². The Morgan fingerprint density at radius 3 is 3.10 bits per heavy atom. The molecule has 0 saturated carbocycles. The maximum atomic E-state index is 5.65. The molecule has 0 bridgehead atoms. The number of benzene rings is 1. The van der Waals surface area contributed by atoms with Crippen LogP contribution in [-0.4, -0.2) is 14.5 Å². The van der Waals surface area contributed by atoms with E-state index in [-0.39, 0.29) is 0 Å². The van der Waals surface area contributed by atoms with Crippen molar-refractivity contribution in [1.29, 1.82) is 0 Å². The summed E-state index contributed by atoms with van der Waals surface area (Å²) in [5.74, 6) is 0.891. The lowest BCUT2D eigenvalue weighted by Gasteiger charge is -2.01. The highest BCUT2D eigenvalue weighted by Crippen LogP contribution is 2.20. The van der Waals surface area contributed by atoms with Gasteiger partial charge in [0.05, 0.1) is 6.61 Å². The molecule has 0 unspecified atom stereocenters. The second-order valence-corrected chi connectivity index (χ2v) is 2.43. The van der Waals surface area contributed by atoms with Gasteiger partial charge in [-0.2, -0.15) is 0 Å². The van der Waals surface area contributed by atoms with E-state index in [1.807, 2.05) is 12.1 Å². The van der Waals surface area contributed by atoms with E-state index in [0.717, 1.165) is 24.2 Å². The summed E-state index contributed by atoms with van der Waals surface area (Å²) in [6.45, 7) is 0.781. The van der Waals surface area contributed by atoms with Crippen molar-refractivity contribution in [1.82, 2.24) is 0 Å². The third-order valence-corrected chi connectivity index (χ3v) is 1.74. The molecule has 1 aliphatic rings. The Balaban J connectivity index is 2.59. The first-order valence-electron chi connectivity index (χ1n) is 3.38. The second-order valence-electron chi connectivity index (χ2n) is 2.43. The number of para-hydroxylation sites is 1. The maximum Gasteiger partial charge on any atom is 0.119 e. The van der Waals surface area contributed by atoms with Crippen molar-refractivity contribution in [3.05, 3.63) is 23.8 Å². The topological polar surface area (TPSA) is 9.23 Å². The first kappa shape index (κ1) is 5.84. The molecule has 10 heavy (non-hydrogen) atoms. The molecule has 1 aromatic carbocycles. The normalized spacial score (nSPS) is 14.4. The monoisotopic (exact) mass is 130 g/mol. The van der Waals surface area contributed by atoms with Crippen LogP contribution in [0, 0.1) is 0 Å². The molecular weight excluding hydrogens is 123 g/mol. The zero-order chi connectivity index (χ0) is 6.97. The molecule has 1 aliphatic heterocycles. The Hall–Kier alpha value is -0.915. The fourth-order valence-corrected chi connectivity index (χ4v) is 1.24. The highest BCUT2D eigenvalue weighted by Gasteiger charge is 2.11. The summed E-state index contributed by atoms with van der Waals surface area (Å²) < 4.78 is 5.30. The van der Waals surface area contributed by atoms with E-state index in [4.69, 9.17) is 12.6 Å². The van der Waals surface area contributed by atoms with Crippen molar-refractivity contribution in [2.24, 2.45) is 0 Å². The Morgan fingerprint density at radius 2 is 2.30 bits per heavy atom. The minimum Gasteiger partial charge on any atom is -0.494 e. The molecule has 0 aromatic heterocycles. The predicted molar refractivity (Wildman–Crippen MR) is 41.0 cm³/mol. The predicted octanol–water partition coefficient (Wildman–Crippen LogP) is 0.415. The highest BCUT2D eigenvalue weighted by molar-refractivity contribution is 6.34. The molecule has 1 nitrogen and oxygen atoms in total. The molecule has 1 aromatic rings. The molecule has 0 fully saturated rings. The molecule has 0 atom stereocenters. The van der Waals surface area contributed by atoms with Crippen LogP contribution >= 0.6 is 0 Å². The van der Waals surface area contributed by atoms with Gasteiger partial charge in [0.2, 0.25) is 0 Å². The van der Waals surface area contributed by atoms with Gasteiger partial charge in [0.25, 0.3) is 0 Å². The van der Waals surface area contributed by atoms with Gasteiger partial charge >= 0.3 is 0 Å². The summed E-state index contributed by atoms with van der Waals surface area (Å²) in [5, 5.41) is 0. The molecular formula is C8H7BO. The molecule has 0 spiro atoms. The number of ether oxygens (including phenoxy) is 1. The first-order chi connectivity index (χ1) is 4.88. The summed E-state index contributed by atoms with van der Waals surface area (Å²) >= 11 is 0. The molecule has 0 aliphatic carbocycles. The van der Waals surface area contributed by atoms with Gasteiger partial charge in [-0.1, -0.05) is 23.7 Å². The zero-order valence-electron chi connectivity index (χ0n) is 5.63. The fraction of sp³-hybridized carbons (Fsp3) is 0.250. The van der Waals surface area contributed by atoms with Crippen LogP contribution in [-0.2, 0) is 6.42 Å². The molecule has 2 radical (unpaired) electrons. The third-order valence-electron chi connectivity index (χ3n) is 1.74. The van der Waals surface area contributed by atoms with E-state index >= 15 is 0 Å². The lowest BCUT2D eigenvalue weighted by atomic mass is 9.93. The number of rotatable bonds is 0. The minimum atomic E-state index is 0.759. The van der Waals surface area contributed by atoms with Gasteiger partial charge in [0.15, 0.2) is 0 Å². The van der Waals surface area contributed by atoms with Crippen molar-refractivity contribution in [3.8, 4) is 5.75 Å². The molecule has 48 valence electrons. The van der Waals surface area contributed by atoms with Crippen molar-refractivity contribution >= 4 is 13.3 Å². The van der Waals surface area contributed by atoms with Gasteiger partial charge in [-0.05, 0) is 5.56 Å². The average Bonchev–Trinajstić information content (AvgIpc) is 2.36. The van der Waals surface area contributed by atoms with Crippen LogP contribution in [0.15, 0.2) is 18.2 Å². The summed E-state index contributed by atoms with van der Waals surface area (Å²) in [7, 11) is 5.65. The lowest BCUT2D eigenvalue weighted by Crippen LogP contribution is -2.05. The van der Waals surface area contributed by atoms with E-state index in [1.165, 1.54) is 5.56 Å². The van der Waals surface area contributed by atoms with Gasteiger partial charge in [0.1, 0.15) is 13.6 Å². The van der Waals surface area contributed by atoms with Crippen LogP contribution in [0.5, 0.6) is 5.75 Å². The quantitative estimate of drug-likeness (QED) is 0.462. The molecule has 1 heterocycles. The summed E-state index contributed by atoms with van der Waals surface area (Å²) in [6, 6.07) is 5.88. The summed E-state index contributed by atoms with van der Waals surface area (Å²) in [4.78, 5) is 0. The first-order valence-corrected chi connectivity index (χ1v) is 3.38. The van der Waals surface area contributed by atoms with Crippen LogP contribution in [0.1, 0.15) is 5.56 Å². The molecule has 0 N–H and O–H groups in total. The van der Waals surface area contributed by atoms with Crippen molar-refractivity contribution in [2.45, 2.75) is 6.42 Å². The number of fused-ring (bicyclic) bond motifs is 1. The smallest absolute Gasteiger partial charge is 0.119 e. The van der Waals surface area contributed by atoms with Crippen LogP contribution in [0.3, 0.4) is 0 Å². The van der Waals surface area contributed by atoms with Gasteiger partial charge in [-0.3, -0.25) is 0 Å². The molecule has 0 amide bonds. The fourth-order valence-electron chi connectivity index (χ4n) is 1.24. The van der Waals surface area contributed by atoms with E-state index in [1.54, 1.807) is 0 Å². The van der Waals surface area contributed by atoms with Gasteiger partial charge in [0, 0.05) is 6.42 Å². The Bertz CT molecular complexity index is 257. The van der Waals surface area contributed by atoms with Crippen LogP contribution < -0.4 is 10.2 Å². The average molecular weight is 130 g/mol. The number of hydrogen-bond donors (Lipinski definition) is 0. The third kappa shape index (κ3) is 0.720. The van der Waals surface area contributed by atoms with Gasteiger partial charge in [-0.25, -0.2) is 0 Å². The van der Waals surface area contributed by atoms with Crippen LogP contribution in [0.2, 0.25) is 0 Å². The van der Waals surface area contributed by atoms with E-state index in [2.05, 4.69) is 6.07 Å². The van der Waals surface area contributed by atoms with Crippen molar-refractivity contribution < 1.29 is 4.74 Å². The standard InChI is InChI=1S/C8H7BO/c9-7-3-1-2-6-4-5-10-8(6)7/h1-3H,4-5H2. The Morgan fingerprint density at radius 1 is 1.40 bits per heavy atom. The zero-order valence-corrected chi connectivity index (χ0v) is 5.63.